The van der Waals surface area contributed by atoms with Gasteiger partial charge in [-0.1, -0.05) is 58.7 Å². The van der Waals surface area contributed by atoms with Gasteiger partial charge in [-0.15, -0.1) is 0 Å². The van der Waals surface area contributed by atoms with E-state index >= 15 is 0 Å². The molecule has 0 aliphatic carbocycles. The van der Waals surface area contributed by atoms with E-state index in [4.69, 9.17) is 4.98 Å². The molecule has 47 heavy (non-hydrogen) atoms. The highest BCUT2D eigenvalue weighted by atomic mass is 15.3. The Balaban J connectivity index is 1.23. The SMILES string of the molecule is CCCCCN(CCC)CCN1CCN(c2ccc3c4c5c(nc3c2)c2ccccc2n5CCCN4CCCN(CC)CCC)CC1. The lowest BCUT2D eigenvalue weighted by atomic mass is 10.1. The second-order valence-electron chi connectivity index (χ2n) is 14.0. The molecule has 0 unspecified atom stereocenters. The largest absolute Gasteiger partial charge is 0.369 e. The smallest absolute Gasteiger partial charge is 0.0988 e. The number of rotatable bonds is 17. The first-order valence-electron chi connectivity index (χ1n) is 19.2. The third-order valence-electron chi connectivity index (χ3n) is 10.7. The van der Waals surface area contributed by atoms with E-state index in [2.05, 4.69) is 99.2 Å². The van der Waals surface area contributed by atoms with Crippen LogP contribution >= 0.6 is 0 Å². The van der Waals surface area contributed by atoms with Crippen LogP contribution in [-0.2, 0) is 6.54 Å². The number of unbranched alkanes of at least 4 members (excludes halogenated alkanes) is 2. The minimum atomic E-state index is 1.05. The van der Waals surface area contributed by atoms with Gasteiger partial charge in [0, 0.05) is 75.4 Å². The molecular weight excluding hydrogens is 578 g/mol. The molecular formula is C40H61N7. The molecule has 0 spiro atoms. The van der Waals surface area contributed by atoms with Crippen molar-refractivity contribution >= 4 is 44.2 Å². The van der Waals surface area contributed by atoms with Crippen molar-refractivity contribution in [3.8, 4) is 0 Å². The lowest BCUT2D eigenvalue weighted by molar-refractivity contribution is 0.194. The maximum absolute atomic E-state index is 5.46. The first-order chi connectivity index (χ1) is 23.1. The van der Waals surface area contributed by atoms with Gasteiger partial charge in [-0.25, -0.2) is 4.98 Å². The Morgan fingerprint density at radius 1 is 0.681 bits per heavy atom. The topological polar surface area (TPSA) is 34.0 Å². The van der Waals surface area contributed by atoms with Crippen LogP contribution < -0.4 is 9.80 Å². The molecule has 1 fully saturated rings. The van der Waals surface area contributed by atoms with Crippen molar-refractivity contribution in [3.63, 3.8) is 0 Å². The Morgan fingerprint density at radius 2 is 1.47 bits per heavy atom. The van der Waals surface area contributed by atoms with E-state index in [0.29, 0.717) is 0 Å². The second-order valence-corrected chi connectivity index (χ2v) is 14.0. The van der Waals surface area contributed by atoms with Crippen LogP contribution in [0.25, 0.3) is 32.8 Å². The number of anilines is 2. The molecule has 2 aliphatic heterocycles. The molecule has 2 aliphatic rings. The van der Waals surface area contributed by atoms with Gasteiger partial charge in [0.25, 0.3) is 0 Å². The van der Waals surface area contributed by atoms with Gasteiger partial charge in [0.15, 0.2) is 0 Å². The predicted octanol–water partition coefficient (Wildman–Crippen LogP) is 7.70. The van der Waals surface area contributed by atoms with Gasteiger partial charge in [0.05, 0.1) is 27.8 Å². The summed E-state index contributed by atoms with van der Waals surface area (Å²) in [6.45, 7) is 25.3. The van der Waals surface area contributed by atoms with Crippen LogP contribution in [0.1, 0.15) is 72.6 Å². The molecule has 0 N–H and O–H groups in total. The molecule has 4 heterocycles. The van der Waals surface area contributed by atoms with E-state index in [1.165, 1.54) is 116 Å². The normalized spacial score (nSPS) is 16.0. The molecule has 0 bridgehead atoms. The van der Waals surface area contributed by atoms with Crippen LogP contribution in [0.3, 0.4) is 0 Å². The van der Waals surface area contributed by atoms with Crippen LogP contribution in [-0.4, -0.2) is 109 Å². The van der Waals surface area contributed by atoms with E-state index in [-0.39, 0.29) is 0 Å². The number of aromatic nitrogens is 2. The Morgan fingerprint density at radius 3 is 2.26 bits per heavy atom. The van der Waals surface area contributed by atoms with Crippen LogP contribution in [0, 0.1) is 0 Å². The van der Waals surface area contributed by atoms with Gasteiger partial charge >= 0.3 is 0 Å². The first kappa shape index (κ1) is 34.0. The first-order valence-corrected chi connectivity index (χ1v) is 19.2. The molecule has 0 saturated carbocycles. The van der Waals surface area contributed by atoms with E-state index in [9.17, 15) is 0 Å². The standard InChI is InChI=1S/C40H61N7/c1-5-9-12-21-43(20-7-3)26-27-44-28-30-45(31-29-44)33-17-18-34-36(32-33)41-38-35-15-10-11-16-37(35)47-25-14-24-46(39(34)40(38)47)23-13-22-42(8-4)19-6-2/h10-11,15-18,32H,5-9,12-14,19-31H2,1-4H3. The van der Waals surface area contributed by atoms with Gasteiger partial charge in [0.2, 0.25) is 0 Å². The fourth-order valence-corrected chi connectivity index (χ4v) is 8.18. The highest BCUT2D eigenvalue weighted by Crippen LogP contribution is 2.41. The van der Waals surface area contributed by atoms with Crippen LogP contribution in [0.5, 0.6) is 0 Å². The highest BCUT2D eigenvalue weighted by molar-refractivity contribution is 6.17. The molecule has 0 atom stereocenters. The average molecular weight is 640 g/mol. The third-order valence-corrected chi connectivity index (χ3v) is 10.7. The summed E-state index contributed by atoms with van der Waals surface area (Å²) in [4.78, 5) is 18.7. The molecule has 4 aromatic rings. The van der Waals surface area contributed by atoms with Crippen LogP contribution in [0.2, 0.25) is 0 Å². The van der Waals surface area contributed by atoms with Gasteiger partial charge in [-0.2, -0.15) is 0 Å². The third kappa shape index (κ3) is 7.73. The van der Waals surface area contributed by atoms with Crippen molar-refractivity contribution in [2.24, 2.45) is 0 Å². The van der Waals surface area contributed by atoms with Crippen LogP contribution in [0.4, 0.5) is 11.4 Å². The zero-order valence-electron chi connectivity index (χ0n) is 30.0. The summed E-state index contributed by atoms with van der Waals surface area (Å²) in [5, 5.41) is 2.60. The number of fused-ring (bicyclic) bond motifs is 5. The Bertz CT molecular complexity index is 1570. The summed E-state index contributed by atoms with van der Waals surface area (Å²) in [7, 11) is 0. The lowest BCUT2D eigenvalue weighted by Crippen LogP contribution is -2.48. The van der Waals surface area contributed by atoms with Gasteiger partial charge < -0.3 is 24.2 Å². The minimum Gasteiger partial charge on any atom is -0.369 e. The predicted molar refractivity (Wildman–Crippen MR) is 204 cm³/mol. The fourth-order valence-electron chi connectivity index (χ4n) is 8.18. The summed E-state index contributed by atoms with van der Waals surface area (Å²) in [6, 6.07) is 16.1. The zero-order valence-corrected chi connectivity index (χ0v) is 30.0. The molecule has 256 valence electrons. The fraction of sp³-hybridized carbons (Fsp3) is 0.625. The number of piperazine rings is 1. The number of hydrogen-bond acceptors (Lipinski definition) is 6. The molecule has 0 radical (unpaired) electrons. The second kappa shape index (κ2) is 16.5. The number of nitrogens with zero attached hydrogens (tertiary/aromatic N) is 7. The lowest BCUT2D eigenvalue weighted by Gasteiger charge is -2.37. The number of pyridine rings is 1. The number of para-hydroxylation sites is 1. The highest BCUT2D eigenvalue weighted by Gasteiger charge is 2.26. The minimum absolute atomic E-state index is 1.05. The van der Waals surface area contributed by atoms with Crippen LogP contribution in [0.15, 0.2) is 42.5 Å². The Kier molecular flexibility index (Phi) is 11.9. The average Bonchev–Trinajstić information content (AvgIpc) is 3.27. The van der Waals surface area contributed by atoms with E-state index < -0.39 is 0 Å². The van der Waals surface area contributed by atoms with Crippen molar-refractivity contribution in [1.29, 1.82) is 0 Å². The molecule has 2 aromatic carbocycles. The van der Waals surface area contributed by atoms with Gasteiger partial charge in [-0.3, -0.25) is 4.90 Å². The zero-order chi connectivity index (χ0) is 32.6. The number of hydrogen-bond donors (Lipinski definition) is 0. The van der Waals surface area contributed by atoms with E-state index in [1.807, 2.05) is 0 Å². The summed E-state index contributed by atoms with van der Waals surface area (Å²) >= 11 is 0. The quantitative estimate of drug-likeness (QED) is 0.110. The van der Waals surface area contributed by atoms with Crippen molar-refractivity contribution in [2.45, 2.75) is 79.2 Å². The van der Waals surface area contributed by atoms with Crippen molar-refractivity contribution < 1.29 is 0 Å². The number of benzene rings is 2. The van der Waals surface area contributed by atoms with E-state index in [0.717, 1.165) is 64.3 Å². The van der Waals surface area contributed by atoms with E-state index in [1.54, 1.807) is 0 Å². The number of aryl methyl sites for hydroxylation is 1. The van der Waals surface area contributed by atoms with Gasteiger partial charge in [-0.05, 0) is 89.1 Å². The van der Waals surface area contributed by atoms with Gasteiger partial charge in [0.1, 0.15) is 0 Å². The summed E-state index contributed by atoms with van der Waals surface area (Å²) in [5.74, 6) is 0. The Labute approximate surface area is 284 Å². The molecule has 7 heteroatoms. The molecule has 1 saturated heterocycles. The van der Waals surface area contributed by atoms with Crippen molar-refractivity contribution in [1.82, 2.24) is 24.3 Å². The molecule has 0 amide bonds. The Hall–Kier alpha value is -2.87. The van der Waals surface area contributed by atoms with Crippen molar-refractivity contribution in [2.75, 3.05) is 94.9 Å². The summed E-state index contributed by atoms with van der Waals surface area (Å²) in [5.41, 5.74) is 7.71. The summed E-state index contributed by atoms with van der Waals surface area (Å²) < 4.78 is 2.57. The maximum atomic E-state index is 5.46. The van der Waals surface area contributed by atoms with Crippen molar-refractivity contribution in [3.05, 3.63) is 42.5 Å². The monoisotopic (exact) mass is 639 g/mol. The maximum Gasteiger partial charge on any atom is 0.0988 e. The summed E-state index contributed by atoms with van der Waals surface area (Å²) in [6.07, 6.45) is 8.81. The molecule has 6 rings (SSSR count). The molecule has 7 nitrogen and oxygen atoms in total. The molecule has 2 aromatic heterocycles.